The van der Waals surface area contributed by atoms with Crippen molar-refractivity contribution in [3.63, 3.8) is 0 Å². The lowest BCUT2D eigenvalue weighted by atomic mass is 9.85. The number of rotatable bonds is 4. The Morgan fingerprint density at radius 1 is 1.35 bits per heavy atom. The average Bonchev–Trinajstić information content (AvgIpc) is 2.59. The van der Waals surface area contributed by atoms with E-state index in [2.05, 4.69) is 17.0 Å². The monoisotopic (exact) mass is 338 g/mol. The first-order valence-corrected chi connectivity index (χ1v) is 9.93. The van der Waals surface area contributed by atoms with Crippen LogP contribution in [0.2, 0.25) is 0 Å². The van der Waals surface area contributed by atoms with Gasteiger partial charge in [0.1, 0.15) is 5.75 Å². The normalized spacial score (nSPS) is 25.0. The van der Waals surface area contributed by atoms with E-state index in [4.69, 9.17) is 4.74 Å². The van der Waals surface area contributed by atoms with Crippen LogP contribution in [0.4, 0.5) is 0 Å². The second-order valence-corrected chi connectivity index (χ2v) is 8.78. The Hall–Kier alpha value is -1.11. The van der Waals surface area contributed by atoms with Gasteiger partial charge in [-0.05, 0) is 49.4 Å². The maximum absolute atomic E-state index is 12.2. The molecule has 1 fully saturated rings. The zero-order chi connectivity index (χ0) is 16.6. The molecule has 0 bridgehead atoms. The molecule has 1 saturated heterocycles. The third-order valence-corrected chi connectivity index (χ3v) is 7.29. The highest BCUT2D eigenvalue weighted by molar-refractivity contribution is 7.89. The highest BCUT2D eigenvalue weighted by Gasteiger charge is 2.37. The Bertz CT molecular complexity index is 674. The first-order valence-electron chi connectivity index (χ1n) is 8.33. The van der Waals surface area contributed by atoms with Crippen LogP contribution in [0.25, 0.3) is 0 Å². The van der Waals surface area contributed by atoms with Gasteiger partial charge < -0.3 is 4.74 Å². The molecule has 2 atom stereocenters. The van der Waals surface area contributed by atoms with Crippen molar-refractivity contribution in [3.05, 3.63) is 29.3 Å². The molecule has 0 saturated carbocycles. The van der Waals surface area contributed by atoms with Crippen molar-refractivity contribution in [1.29, 1.82) is 0 Å². The zero-order valence-corrected chi connectivity index (χ0v) is 15.0. The van der Waals surface area contributed by atoms with Gasteiger partial charge in [-0.1, -0.05) is 6.07 Å². The van der Waals surface area contributed by atoms with Gasteiger partial charge in [0.2, 0.25) is 10.0 Å². The number of sulfonamides is 1. The Balaban J connectivity index is 1.85. The van der Waals surface area contributed by atoms with Crippen LogP contribution < -0.4 is 4.74 Å². The maximum atomic E-state index is 12.2. The van der Waals surface area contributed by atoms with Gasteiger partial charge in [0.05, 0.1) is 12.9 Å². The van der Waals surface area contributed by atoms with E-state index in [0.29, 0.717) is 6.04 Å². The molecule has 0 aromatic heterocycles. The Labute approximate surface area is 139 Å². The molecule has 1 aromatic carbocycles. The van der Waals surface area contributed by atoms with Crippen molar-refractivity contribution in [2.75, 3.05) is 33.0 Å². The van der Waals surface area contributed by atoms with Crippen LogP contribution in [-0.2, 0) is 16.4 Å². The molecule has 0 amide bonds. The van der Waals surface area contributed by atoms with Gasteiger partial charge in [-0.3, -0.25) is 4.90 Å². The second kappa shape index (κ2) is 6.42. The number of methoxy groups -OCH3 is 1. The van der Waals surface area contributed by atoms with Crippen molar-refractivity contribution in [3.8, 4) is 5.75 Å². The van der Waals surface area contributed by atoms with E-state index in [1.807, 2.05) is 6.07 Å². The molecule has 0 radical (unpaired) electrons. The van der Waals surface area contributed by atoms with Crippen LogP contribution in [0.15, 0.2) is 18.2 Å². The van der Waals surface area contributed by atoms with Gasteiger partial charge in [0, 0.05) is 32.2 Å². The van der Waals surface area contributed by atoms with Crippen LogP contribution in [0, 0.1) is 0 Å². The third kappa shape index (κ3) is 3.12. The Kier molecular flexibility index (Phi) is 4.67. The van der Waals surface area contributed by atoms with E-state index < -0.39 is 10.0 Å². The summed E-state index contributed by atoms with van der Waals surface area (Å²) in [4.78, 5) is 2.50. The summed E-state index contributed by atoms with van der Waals surface area (Å²) in [6, 6.07) is 6.70. The third-order valence-electron chi connectivity index (χ3n) is 5.38. The number of benzene rings is 1. The summed E-state index contributed by atoms with van der Waals surface area (Å²) in [6.45, 7) is 3.72. The Morgan fingerprint density at radius 2 is 2.13 bits per heavy atom. The fourth-order valence-corrected chi connectivity index (χ4v) is 4.92. The predicted octanol–water partition coefficient (Wildman–Crippen LogP) is 2.04. The van der Waals surface area contributed by atoms with E-state index >= 15 is 0 Å². The molecule has 3 rings (SSSR count). The van der Waals surface area contributed by atoms with Gasteiger partial charge in [-0.25, -0.2) is 12.7 Å². The van der Waals surface area contributed by atoms with E-state index in [-0.39, 0.29) is 11.8 Å². The SMILES string of the molecule is CCS(=O)(=O)N(C)[C@@H]1CCN2CCc3cc(OC)ccc3[C@@H]2C1. The molecule has 0 aliphatic carbocycles. The lowest BCUT2D eigenvalue weighted by molar-refractivity contribution is 0.0969. The minimum atomic E-state index is -3.13. The fraction of sp³-hybridized carbons (Fsp3) is 0.647. The van der Waals surface area contributed by atoms with Crippen LogP contribution >= 0.6 is 0 Å². The zero-order valence-electron chi connectivity index (χ0n) is 14.2. The number of ether oxygens (including phenoxy) is 1. The van der Waals surface area contributed by atoms with Crippen LogP contribution in [0.1, 0.15) is 36.9 Å². The van der Waals surface area contributed by atoms with Crippen molar-refractivity contribution >= 4 is 10.0 Å². The highest BCUT2D eigenvalue weighted by atomic mass is 32.2. The van der Waals surface area contributed by atoms with Crippen LogP contribution in [0.5, 0.6) is 5.75 Å². The first kappa shape index (κ1) is 16.7. The molecule has 0 spiro atoms. The second-order valence-electron chi connectivity index (χ2n) is 6.46. The number of piperidine rings is 1. The summed E-state index contributed by atoms with van der Waals surface area (Å²) in [7, 11) is 0.297. The molecular weight excluding hydrogens is 312 g/mol. The topological polar surface area (TPSA) is 49.9 Å². The fourth-order valence-electron chi connectivity index (χ4n) is 3.86. The van der Waals surface area contributed by atoms with E-state index in [0.717, 1.165) is 38.1 Å². The number of fused-ring (bicyclic) bond motifs is 3. The average molecular weight is 338 g/mol. The molecule has 23 heavy (non-hydrogen) atoms. The van der Waals surface area contributed by atoms with Crippen LogP contribution in [0.3, 0.4) is 0 Å². The number of hydrogen-bond donors (Lipinski definition) is 0. The van der Waals surface area contributed by atoms with Gasteiger partial charge >= 0.3 is 0 Å². The molecular formula is C17H26N2O3S. The summed E-state index contributed by atoms with van der Waals surface area (Å²) in [6.07, 6.45) is 2.82. The highest BCUT2D eigenvalue weighted by Crippen LogP contribution is 2.39. The molecule has 2 heterocycles. The maximum Gasteiger partial charge on any atom is 0.213 e. The van der Waals surface area contributed by atoms with Crippen molar-refractivity contribution < 1.29 is 13.2 Å². The lowest BCUT2D eigenvalue weighted by Gasteiger charge is -2.45. The van der Waals surface area contributed by atoms with E-state index in [9.17, 15) is 8.42 Å². The molecule has 2 aliphatic heterocycles. The van der Waals surface area contributed by atoms with Gasteiger partial charge in [0.15, 0.2) is 0 Å². The predicted molar refractivity (Wildman–Crippen MR) is 91.3 cm³/mol. The summed E-state index contributed by atoms with van der Waals surface area (Å²) in [5, 5.41) is 0. The van der Waals surface area contributed by atoms with Crippen molar-refractivity contribution in [2.24, 2.45) is 0 Å². The van der Waals surface area contributed by atoms with Crippen molar-refractivity contribution in [2.45, 2.75) is 38.3 Å². The lowest BCUT2D eigenvalue weighted by Crippen LogP contribution is -2.49. The summed E-state index contributed by atoms with van der Waals surface area (Å²) >= 11 is 0. The summed E-state index contributed by atoms with van der Waals surface area (Å²) < 4.78 is 31.3. The molecule has 2 aliphatic rings. The van der Waals surface area contributed by atoms with Gasteiger partial charge in [-0.2, -0.15) is 0 Å². The first-order chi connectivity index (χ1) is 11.0. The number of nitrogens with zero attached hydrogens (tertiary/aromatic N) is 2. The van der Waals surface area contributed by atoms with Gasteiger partial charge in [0.25, 0.3) is 0 Å². The number of hydrogen-bond acceptors (Lipinski definition) is 4. The summed E-state index contributed by atoms with van der Waals surface area (Å²) in [5.41, 5.74) is 2.68. The molecule has 0 unspecified atom stereocenters. The quantitative estimate of drug-likeness (QED) is 0.843. The molecule has 128 valence electrons. The molecule has 5 nitrogen and oxygen atoms in total. The minimum Gasteiger partial charge on any atom is -0.497 e. The Morgan fingerprint density at radius 3 is 2.83 bits per heavy atom. The smallest absolute Gasteiger partial charge is 0.213 e. The molecule has 1 aromatic rings. The molecule has 0 N–H and O–H groups in total. The molecule has 6 heteroatoms. The van der Waals surface area contributed by atoms with E-state index in [1.165, 1.54) is 11.1 Å². The van der Waals surface area contributed by atoms with E-state index in [1.54, 1.807) is 25.4 Å². The van der Waals surface area contributed by atoms with Gasteiger partial charge in [-0.15, -0.1) is 0 Å². The minimum absolute atomic E-state index is 0.0919. The standard InChI is InChI=1S/C17H26N2O3S/c1-4-23(20,21)18(2)14-8-10-19-9-7-13-11-15(22-3)5-6-16(13)17(19)12-14/h5-6,11,14,17H,4,7-10,12H2,1-3H3/t14-,17+/m1/s1. The van der Waals surface area contributed by atoms with Crippen LogP contribution in [-0.4, -0.2) is 56.7 Å². The summed E-state index contributed by atoms with van der Waals surface area (Å²) in [5.74, 6) is 1.07. The largest absolute Gasteiger partial charge is 0.497 e. The van der Waals surface area contributed by atoms with Crippen molar-refractivity contribution in [1.82, 2.24) is 9.21 Å².